The summed E-state index contributed by atoms with van der Waals surface area (Å²) in [4.78, 5) is 21.3. The second-order valence-electron chi connectivity index (χ2n) is 3.22. The van der Waals surface area contributed by atoms with Crippen molar-refractivity contribution in [2.45, 2.75) is 4.90 Å². The topological polar surface area (TPSA) is 142 Å². The first-order chi connectivity index (χ1) is 8.29. The Morgan fingerprint density at radius 2 is 1.78 bits per heavy atom. The van der Waals surface area contributed by atoms with Crippen LogP contribution in [0.4, 0.5) is 4.79 Å². The molecule has 8 nitrogen and oxygen atoms in total. The molecule has 0 heterocycles. The van der Waals surface area contributed by atoms with E-state index in [1.807, 2.05) is 5.32 Å². The number of primary amides is 1. The van der Waals surface area contributed by atoms with Crippen molar-refractivity contribution in [3.63, 3.8) is 0 Å². The molecule has 0 bridgehead atoms. The summed E-state index contributed by atoms with van der Waals surface area (Å²) in [7, 11) is -3.76. The number of carbonyl (C=O) groups excluding carboxylic acids is 2. The zero-order valence-corrected chi connectivity index (χ0v) is 9.94. The number of nitrogens with two attached hydrogens (primary N) is 2. The van der Waals surface area contributed by atoms with Crippen molar-refractivity contribution in [3.8, 4) is 5.75 Å². The van der Waals surface area contributed by atoms with Crippen LogP contribution in [0, 0.1) is 0 Å². The third-order valence-electron chi connectivity index (χ3n) is 1.78. The van der Waals surface area contributed by atoms with E-state index in [0.717, 1.165) is 0 Å². The number of imide groups is 1. The van der Waals surface area contributed by atoms with E-state index < -0.39 is 28.6 Å². The first kappa shape index (κ1) is 13.9. The summed E-state index contributed by atoms with van der Waals surface area (Å²) < 4.78 is 26.9. The summed E-state index contributed by atoms with van der Waals surface area (Å²) in [6.07, 6.45) is 0. The van der Waals surface area contributed by atoms with Gasteiger partial charge in [-0.2, -0.15) is 0 Å². The Morgan fingerprint density at radius 3 is 2.22 bits per heavy atom. The lowest BCUT2D eigenvalue weighted by Gasteiger charge is -2.05. The van der Waals surface area contributed by atoms with Gasteiger partial charge in [0.05, 0.1) is 4.90 Å². The van der Waals surface area contributed by atoms with E-state index in [2.05, 4.69) is 0 Å². The summed E-state index contributed by atoms with van der Waals surface area (Å²) >= 11 is 0. The van der Waals surface area contributed by atoms with Crippen LogP contribution in [0.3, 0.4) is 0 Å². The molecule has 18 heavy (non-hydrogen) atoms. The number of nitrogens with one attached hydrogen (secondary N) is 1. The molecular weight excluding hydrogens is 262 g/mol. The fourth-order valence-corrected chi connectivity index (χ4v) is 1.56. The van der Waals surface area contributed by atoms with Crippen molar-refractivity contribution in [1.29, 1.82) is 0 Å². The lowest BCUT2D eigenvalue weighted by atomic mass is 10.3. The van der Waals surface area contributed by atoms with Gasteiger partial charge in [-0.1, -0.05) is 0 Å². The van der Waals surface area contributed by atoms with Crippen LogP contribution < -0.4 is 20.9 Å². The van der Waals surface area contributed by atoms with E-state index in [1.165, 1.54) is 24.3 Å². The highest BCUT2D eigenvalue weighted by atomic mass is 32.2. The molecule has 0 saturated carbocycles. The van der Waals surface area contributed by atoms with Gasteiger partial charge < -0.3 is 10.5 Å². The molecule has 0 atom stereocenters. The standard InChI is InChI=1S/C9H11N3O5S/c10-9(14)12-8(13)5-17-6-1-3-7(4-2-6)18(11,15)16/h1-4H,5H2,(H2,11,15,16)(H3,10,12,13,14). The van der Waals surface area contributed by atoms with Crippen molar-refractivity contribution in [2.24, 2.45) is 10.9 Å². The lowest BCUT2D eigenvalue weighted by molar-refractivity contribution is -0.121. The molecule has 3 amide bonds. The molecule has 0 aromatic heterocycles. The van der Waals surface area contributed by atoms with Crippen LogP contribution in [0.15, 0.2) is 29.2 Å². The summed E-state index contributed by atoms with van der Waals surface area (Å²) in [6.45, 7) is -0.419. The molecule has 98 valence electrons. The molecule has 0 spiro atoms. The maximum Gasteiger partial charge on any atom is 0.318 e. The van der Waals surface area contributed by atoms with E-state index >= 15 is 0 Å². The van der Waals surface area contributed by atoms with Gasteiger partial charge in [0, 0.05) is 0 Å². The van der Waals surface area contributed by atoms with Crippen molar-refractivity contribution < 1.29 is 22.7 Å². The Bertz CT molecular complexity index is 552. The van der Waals surface area contributed by atoms with Gasteiger partial charge in [-0.15, -0.1) is 0 Å². The fraction of sp³-hybridized carbons (Fsp3) is 0.111. The fourth-order valence-electron chi connectivity index (χ4n) is 1.05. The van der Waals surface area contributed by atoms with Crippen molar-refractivity contribution in [2.75, 3.05) is 6.61 Å². The normalized spacial score (nSPS) is 10.7. The number of hydrogen-bond donors (Lipinski definition) is 3. The van der Waals surface area contributed by atoms with Crippen molar-refractivity contribution in [1.82, 2.24) is 5.32 Å². The van der Waals surface area contributed by atoms with E-state index in [4.69, 9.17) is 15.6 Å². The highest BCUT2D eigenvalue weighted by molar-refractivity contribution is 7.89. The molecule has 1 rings (SSSR count). The predicted molar refractivity (Wildman–Crippen MR) is 61.0 cm³/mol. The SMILES string of the molecule is NC(=O)NC(=O)COc1ccc(S(N)(=O)=O)cc1. The second-order valence-corrected chi connectivity index (χ2v) is 4.78. The molecule has 0 aliphatic carbocycles. The average Bonchev–Trinajstić information content (AvgIpc) is 2.25. The number of amides is 3. The molecule has 1 aromatic rings. The van der Waals surface area contributed by atoms with Gasteiger partial charge in [0.25, 0.3) is 5.91 Å². The molecule has 0 saturated heterocycles. The maximum absolute atomic E-state index is 11.0. The van der Waals surface area contributed by atoms with Crippen molar-refractivity contribution in [3.05, 3.63) is 24.3 Å². The zero-order valence-electron chi connectivity index (χ0n) is 9.12. The predicted octanol–water partition coefficient (Wildman–Crippen LogP) is -1.09. The number of hydrogen-bond acceptors (Lipinski definition) is 5. The molecule has 0 aliphatic rings. The number of carbonyl (C=O) groups is 2. The van der Waals surface area contributed by atoms with Gasteiger partial charge in [0.2, 0.25) is 10.0 Å². The lowest BCUT2D eigenvalue weighted by Crippen LogP contribution is -2.38. The van der Waals surface area contributed by atoms with E-state index in [9.17, 15) is 18.0 Å². The van der Waals surface area contributed by atoms with Gasteiger partial charge in [-0.3, -0.25) is 10.1 Å². The largest absolute Gasteiger partial charge is 0.484 e. The minimum absolute atomic E-state index is 0.0727. The Hall–Kier alpha value is -2.13. The Balaban J connectivity index is 2.60. The zero-order chi connectivity index (χ0) is 13.8. The summed E-state index contributed by atoms with van der Waals surface area (Å²) in [5.74, 6) is -0.458. The van der Waals surface area contributed by atoms with Gasteiger partial charge in [0.1, 0.15) is 5.75 Å². The molecule has 0 fully saturated rings. The Labute approximate surface area is 103 Å². The minimum Gasteiger partial charge on any atom is -0.484 e. The van der Waals surface area contributed by atoms with Crippen LogP contribution in [0.25, 0.3) is 0 Å². The van der Waals surface area contributed by atoms with E-state index in [0.29, 0.717) is 0 Å². The van der Waals surface area contributed by atoms with Gasteiger partial charge >= 0.3 is 6.03 Å². The molecule has 0 aliphatic heterocycles. The number of rotatable bonds is 4. The highest BCUT2D eigenvalue weighted by Crippen LogP contribution is 2.14. The smallest absolute Gasteiger partial charge is 0.318 e. The third kappa shape index (κ3) is 4.39. The molecular formula is C9H11N3O5S. The quantitative estimate of drug-likeness (QED) is 0.638. The number of ether oxygens (including phenoxy) is 1. The van der Waals surface area contributed by atoms with Crippen LogP contribution in [-0.4, -0.2) is 27.0 Å². The van der Waals surface area contributed by atoms with E-state index in [-0.39, 0.29) is 10.6 Å². The Morgan fingerprint density at radius 1 is 1.22 bits per heavy atom. The van der Waals surface area contributed by atoms with Crippen molar-refractivity contribution >= 4 is 22.0 Å². The molecule has 5 N–H and O–H groups in total. The summed E-state index contributed by atoms with van der Waals surface area (Å²) in [5, 5.41) is 6.71. The van der Waals surface area contributed by atoms with Crippen LogP contribution in [-0.2, 0) is 14.8 Å². The first-order valence-corrected chi connectivity index (χ1v) is 6.18. The van der Waals surface area contributed by atoms with Crippen LogP contribution >= 0.6 is 0 Å². The van der Waals surface area contributed by atoms with Gasteiger partial charge in [0.15, 0.2) is 6.61 Å². The van der Waals surface area contributed by atoms with E-state index in [1.54, 1.807) is 0 Å². The Kier molecular flexibility index (Phi) is 4.23. The highest BCUT2D eigenvalue weighted by Gasteiger charge is 2.08. The molecule has 0 unspecified atom stereocenters. The molecule has 9 heteroatoms. The molecule has 1 aromatic carbocycles. The average molecular weight is 273 g/mol. The summed E-state index contributed by atoms with van der Waals surface area (Å²) in [5.41, 5.74) is 4.72. The number of primary sulfonamides is 1. The van der Waals surface area contributed by atoms with Crippen LogP contribution in [0.5, 0.6) is 5.75 Å². The summed E-state index contributed by atoms with van der Waals surface area (Å²) in [6, 6.07) is 4.15. The second kappa shape index (κ2) is 5.47. The first-order valence-electron chi connectivity index (χ1n) is 4.64. The number of sulfonamides is 1. The monoisotopic (exact) mass is 273 g/mol. The van der Waals surface area contributed by atoms with Gasteiger partial charge in [-0.05, 0) is 24.3 Å². The van der Waals surface area contributed by atoms with Crippen LogP contribution in [0.1, 0.15) is 0 Å². The number of benzene rings is 1. The van der Waals surface area contributed by atoms with Gasteiger partial charge in [-0.25, -0.2) is 18.4 Å². The third-order valence-corrected chi connectivity index (χ3v) is 2.71. The van der Waals surface area contributed by atoms with Crippen LogP contribution in [0.2, 0.25) is 0 Å². The molecule has 0 radical (unpaired) electrons. The number of urea groups is 1. The maximum atomic E-state index is 11.0. The minimum atomic E-state index is -3.76.